The van der Waals surface area contributed by atoms with Crippen molar-refractivity contribution in [3.8, 4) is 0 Å². The van der Waals surface area contributed by atoms with Gasteiger partial charge in [-0.2, -0.15) is 0 Å². The molecule has 0 spiro atoms. The maximum absolute atomic E-state index is 11.7. The van der Waals surface area contributed by atoms with Gasteiger partial charge in [0.05, 0.1) is 7.11 Å². The van der Waals surface area contributed by atoms with Crippen LogP contribution in [-0.2, 0) is 14.3 Å². The molecule has 0 saturated carbocycles. The van der Waals surface area contributed by atoms with E-state index < -0.39 is 23.7 Å². The van der Waals surface area contributed by atoms with Crippen molar-refractivity contribution in [1.29, 1.82) is 0 Å². The van der Waals surface area contributed by atoms with E-state index in [4.69, 9.17) is 9.47 Å². The van der Waals surface area contributed by atoms with Crippen molar-refractivity contribution in [2.75, 3.05) is 7.11 Å². The molecule has 0 aromatic rings. The Bertz CT molecular complexity index is 332. The maximum Gasteiger partial charge on any atom is 0.408 e. The average Bonchev–Trinajstić information content (AvgIpc) is 2.42. The molecule has 0 aromatic heterocycles. The Hall–Kier alpha value is -1.26. The number of esters is 1. The molecule has 0 heterocycles. The van der Waals surface area contributed by atoms with E-state index in [-0.39, 0.29) is 5.41 Å². The van der Waals surface area contributed by atoms with Gasteiger partial charge in [0.2, 0.25) is 0 Å². The Balaban J connectivity index is 0. The molecular formula is C17H35NO4. The zero-order valence-electron chi connectivity index (χ0n) is 15.8. The number of methoxy groups -OCH3 is 1. The van der Waals surface area contributed by atoms with Gasteiger partial charge >= 0.3 is 12.1 Å². The van der Waals surface area contributed by atoms with Crippen LogP contribution in [0.1, 0.15) is 74.7 Å². The van der Waals surface area contributed by atoms with Crippen molar-refractivity contribution in [3.05, 3.63) is 0 Å². The Kier molecular flexibility index (Phi) is 10.9. The van der Waals surface area contributed by atoms with Gasteiger partial charge in [0, 0.05) is 0 Å². The summed E-state index contributed by atoms with van der Waals surface area (Å²) in [7, 11) is 1.32. The predicted octanol–water partition coefficient (Wildman–Crippen LogP) is 4.30. The minimum atomic E-state index is -0.666. The van der Waals surface area contributed by atoms with Crippen LogP contribution in [0.4, 0.5) is 4.79 Å². The first kappa shape index (κ1) is 23.0. The zero-order chi connectivity index (χ0) is 18.0. The number of rotatable bonds is 6. The predicted molar refractivity (Wildman–Crippen MR) is 89.8 cm³/mol. The average molecular weight is 317 g/mol. The van der Waals surface area contributed by atoms with Crippen molar-refractivity contribution < 1.29 is 19.1 Å². The number of alkyl carbamates (subject to hydrolysis) is 1. The van der Waals surface area contributed by atoms with Crippen LogP contribution < -0.4 is 5.32 Å². The summed E-state index contributed by atoms with van der Waals surface area (Å²) in [4.78, 5) is 23.5. The lowest BCUT2D eigenvalue weighted by molar-refractivity contribution is -0.143. The molecule has 0 aliphatic carbocycles. The molecule has 0 aromatic carbocycles. The molecule has 1 amide bonds. The van der Waals surface area contributed by atoms with Gasteiger partial charge in [-0.15, -0.1) is 0 Å². The van der Waals surface area contributed by atoms with Crippen LogP contribution in [0.2, 0.25) is 0 Å². The van der Waals surface area contributed by atoms with Crippen LogP contribution in [0, 0.1) is 5.41 Å². The summed E-state index contributed by atoms with van der Waals surface area (Å²) < 4.78 is 9.90. The van der Waals surface area contributed by atoms with Crippen LogP contribution >= 0.6 is 0 Å². The van der Waals surface area contributed by atoms with E-state index in [1.165, 1.54) is 7.11 Å². The van der Waals surface area contributed by atoms with Gasteiger partial charge in [-0.1, -0.05) is 41.0 Å². The summed E-state index contributed by atoms with van der Waals surface area (Å²) >= 11 is 0. The van der Waals surface area contributed by atoms with E-state index in [0.717, 1.165) is 12.8 Å². The fourth-order valence-corrected chi connectivity index (χ4v) is 1.55. The minimum Gasteiger partial charge on any atom is -0.467 e. The molecule has 1 atom stereocenters. The van der Waals surface area contributed by atoms with Crippen LogP contribution in [0.3, 0.4) is 0 Å². The van der Waals surface area contributed by atoms with Crippen LogP contribution in [-0.4, -0.2) is 30.8 Å². The van der Waals surface area contributed by atoms with Gasteiger partial charge < -0.3 is 14.8 Å². The Morgan fingerprint density at radius 3 is 1.95 bits per heavy atom. The van der Waals surface area contributed by atoms with Crippen molar-refractivity contribution in [2.45, 2.75) is 86.3 Å². The molecule has 0 rings (SSSR count). The molecule has 0 radical (unpaired) electrons. The summed E-state index contributed by atoms with van der Waals surface area (Å²) in [5.74, 6) is -0.442. The number of carbonyl (C=O) groups is 2. The van der Waals surface area contributed by atoms with E-state index in [9.17, 15) is 9.59 Å². The highest BCUT2D eigenvalue weighted by Gasteiger charge is 2.27. The number of hydrogen-bond acceptors (Lipinski definition) is 4. The highest BCUT2D eigenvalue weighted by Crippen LogP contribution is 2.27. The first-order valence-corrected chi connectivity index (χ1v) is 8.08. The van der Waals surface area contributed by atoms with Gasteiger partial charge in [-0.3, -0.25) is 0 Å². The van der Waals surface area contributed by atoms with E-state index in [1.807, 2.05) is 13.8 Å². The number of carbonyl (C=O) groups excluding carboxylic acids is 2. The second kappa shape index (κ2) is 10.5. The molecule has 0 aliphatic heterocycles. The first-order valence-electron chi connectivity index (χ1n) is 8.08. The molecule has 22 heavy (non-hydrogen) atoms. The van der Waals surface area contributed by atoms with E-state index in [2.05, 4.69) is 26.1 Å². The number of amides is 1. The van der Waals surface area contributed by atoms with Crippen molar-refractivity contribution in [2.24, 2.45) is 5.41 Å². The second-order valence-corrected chi connectivity index (χ2v) is 6.78. The normalized spacial score (nSPS) is 12.6. The third-order valence-electron chi connectivity index (χ3n) is 3.24. The number of ether oxygens (including phenoxy) is 2. The van der Waals surface area contributed by atoms with Gasteiger partial charge in [0.1, 0.15) is 11.6 Å². The summed E-state index contributed by atoms with van der Waals surface area (Å²) in [6, 6.07) is -0.666. The fourth-order valence-electron chi connectivity index (χ4n) is 1.55. The van der Waals surface area contributed by atoms with Crippen LogP contribution in [0.5, 0.6) is 0 Å². The third kappa shape index (κ3) is 11.4. The van der Waals surface area contributed by atoms with Crippen molar-refractivity contribution >= 4 is 12.1 Å². The Morgan fingerprint density at radius 2 is 1.59 bits per heavy atom. The molecule has 0 saturated heterocycles. The van der Waals surface area contributed by atoms with Crippen molar-refractivity contribution in [1.82, 2.24) is 5.32 Å². The second-order valence-electron chi connectivity index (χ2n) is 6.78. The van der Waals surface area contributed by atoms with Gasteiger partial charge in [0.15, 0.2) is 0 Å². The minimum absolute atomic E-state index is 0.127. The summed E-state index contributed by atoms with van der Waals surface area (Å²) in [6.07, 6.45) is 1.77. The monoisotopic (exact) mass is 317 g/mol. The van der Waals surface area contributed by atoms with Crippen LogP contribution in [0.25, 0.3) is 0 Å². The van der Waals surface area contributed by atoms with Crippen LogP contribution in [0.15, 0.2) is 0 Å². The molecule has 0 fully saturated rings. The summed E-state index contributed by atoms with van der Waals surface area (Å²) in [5, 5.41) is 2.59. The summed E-state index contributed by atoms with van der Waals surface area (Å²) in [6.45, 7) is 15.7. The highest BCUT2D eigenvalue weighted by atomic mass is 16.6. The Morgan fingerprint density at radius 1 is 1.09 bits per heavy atom. The quantitative estimate of drug-likeness (QED) is 0.742. The molecule has 0 bridgehead atoms. The van der Waals surface area contributed by atoms with E-state index >= 15 is 0 Å². The molecule has 0 aliphatic rings. The third-order valence-corrected chi connectivity index (χ3v) is 3.24. The molecule has 1 N–H and O–H groups in total. The van der Waals surface area contributed by atoms with Crippen molar-refractivity contribution in [3.63, 3.8) is 0 Å². The fraction of sp³-hybridized carbons (Fsp3) is 0.882. The number of hydrogen-bond donors (Lipinski definition) is 1. The molecule has 1 unspecified atom stereocenters. The van der Waals surface area contributed by atoms with E-state index in [1.54, 1.807) is 20.8 Å². The molecule has 132 valence electrons. The van der Waals surface area contributed by atoms with Gasteiger partial charge in [0.25, 0.3) is 0 Å². The summed E-state index contributed by atoms with van der Waals surface area (Å²) in [5.41, 5.74) is -0.463. The largest absolute Gasteiger partial charge is 0.467 e. The van der Waals surface area contributed by atoms with Gasteiger partial charge in [-0.25, -0.2) is 9.59 Å². The standard InChI is InChI=1S/C15H29NO4.C2H6/c1-8-15(5,6)10-9-11(12(17)19-7)16-13(18)20-14(2,3)4;1-2/h11H,8-10H2,1-7H3,(H,16,18);1-2H3. The lowest BCUT2D eigenvalue weighted by Gasteiger charge is -2.26. The number of nitrogens with one attached hydrogen (secondary N) is 1. The SMILES string of the molecule is CC.CCC(C)(C)CCC(NC(=O)OC(C)(C)C)C(=O)OC. The smallest absolute Gasteiger partial charge is 0.408 e. The zero-order valence-corrected chi connectivity index (χ0v) is 15.8. The molecular weight excluding hydrogens is 282 g/mol. The van der Waals surface area contributed by atoms with Gasteiger partial charge in [-0.05, 0) is 39.0 Å². The van der Waals surface area contributed by atoms with E-state index in [0.29, 0.717) is 6.42 Å². The molecule has 5 nitrogen and oxygen atoms in total. The Labute approximate surface area is 136 Å². The highest BCUT2D eigenvalue weighted by molar-refractivity contribution is 5.81. The molecule has 5 heteroatoms. The topological polar surface area (TPSA) is 64.6 Å². The maximum atomic E-state index is 11.7. The first-order chi connectivity index (χ1) is 10.0. The lowest BCUT2D eigenvalue weighted by Crippen LogP contribution is -2.44. The lowest BCUT2D eigenvalue weighted by atomic mass is 9.84.